The highest BCUT2D eigenvalue weighted by Gasteiger charge is 2.47. The summed E-state index contributed by atoms with van der Waals surface area (Å²) in [6.45, 7) is 11.1. The van der Waals surface area contributed by atoms with Gasteiger partial charge in [0.05, 0.1) is 0 Å². The maximum atomic E-state index is 3.98. The molecule has 3 fully saturated rings. The average molecular weight is 293 g/mol. The Kier molecular flexibility index (Phi) is 4.95. The van der Waals surface area contributed by atoms with Gasteiger partial charge in [0, 0.05) is 31.2 Å². The summed E-state index contributed by atoms with van der Waals surface area (Å²) >= 11 is 0. The predicted octanol–water partition coefficient (Wildman–Crippen LogP) is 4.06. The molecule has 0 spiro atoms. The second-order valence-corrected chi connectivity index (χ2v) is 8.48. The molecule has 1 aliphatic heterocycles. The molecule has 2 aliphatic carbocycles. The molecule has 3 aliphatic rings. The van der Waals surface area contributed by atoms with Crippen molar-refractivity contribution in [2.45, 2.75) is 83.7 Å². The van der Waals surface area contributed by atoms with E-state index in [1.54, 1.807) is 0 Å². The quantitative estimate of drug-likeness (QED) is 0.822. The molecule has 2 heteroatoms. The van der Waals surface area contributed by atoms with Crippen molar-refractivity contribution in [3.05, 3.63) is 0 Å². The van der Waals surface area contributed by atoms with E-state index in [0.717, 1.165) is 23.8 Å². The van der Waals surface area contributed by atoms with Crippen LogP contribution in [0.25, 0.3) is 0 Å². The Balaban J connectivity index is 1.68. The van der Waals surface area contributed by atoms with E-state index in [2.05, 4.69) is 31.0 Å². The van der Waals surface area contributed by atoms with Crippen LogP contribution in [0.5, 0.6) is 0 Å². The summed E-state index contributed by atoms with van der Waals surface area (Å²) in [5.41, 5.74) is 0.401. The molecular formula is C19H36N2. The highest BCUT2D eigenvalue weighted by molar-refractivity contribution is 5.05. The van der Waals surface area contributed by atoms with Crippen LogP contribution in [-0.2, 0) is 0 Å². The van der Waals surface area contributed by atoms with Crippen molar-refractivity contribution in [2.24, 2.45) is 17.8 Å². The summed E-state index contributed by atoms with van der Waals surface area (Å²) in [5, 5.41) is 3.98. The molecule has 3 rings (SSSR count). The molecule has 0 aromatic rings. The van der Waals surface area contributed by atoms with Crippen molar-refractivity contribution in [3.63, 3.8) is 0 Å². The fourth-order valence-corrected chi connectivity index (χ4v) is 4.77. The Bertz CT molecular complexity index is 332. The van der Waals surface area contributed by atoms with Gasteiger partial charge < -0.3 is 5.32 Å². The maximum absolute atomic E-state index is 3.98. The minimum Gasteiger partial charge on any atom is -0.308 e. The van der Waals surface area contributed by atoms with Crippen LogP contribution in [-0.4, -0.2) is 36.1 Å². The Hall–Kier alpha value is -0.0800. The molecule has 21 heavy (non-hydrogen) atoms. The van der Waals surface area contributed by atoms with Crippen molar-refractivity contribution in [1.82, 2.24) is 10.2 Å². The molecule has 0 aromatic carbocycles. The van der Waals surface area contributed by atoms with Crippen molar-refractivity contribution in [3.8, 4) is 0 Å². The van der Waals surface area contributed by atoms with Gasteiger partial charge in [-0.05, 0) is 50.4 Å². The Morgan fingerprint density at radius 3 is 2.48 bits per heavy atom. The zero-order chi connectivity index (χ0) is 14.9. The molecule has 0 bridgehead atoms. The van der Waals surface area contributed by atoms with Crippen LogP contribution in [0.3, 0.4) is 0 Å². The fraction of sp³-hybridized carbons (Fsp3) is 1.00. The van der Waals surface area contributed by atoms with Crippen LogP contribution in [0.15, 0.2) is 0 Å². The minimum atomic E-state index is 0.401. The van der Waals surface area contributed by atoms with Gasteiger partial charge >= 0.3 is 0 Å². The van der Waals surface area contributed by atoms with Crippen LogP contribution in [0.2, 0.25) is 0 Å². The van der Waals surface area contributed by atoms with E-state index in [1.807, 2.05) is 0 Å². The normalized spacial score (nSPS) is 37.6. The third kappa shape index (κ3) is 3.64. The summed E-state index contributed by atoms with van der Waals surface area (Å²) in [7, 11) is 0. The number of nitrogens with one attached hydrogen (secondary N) is 1. The Labute approximate surface area is 132 Å². The van der Waals surface area contributed by atoms with Gasteiger partial charge in [-0.25, -0.2) is 0 Å². The molecule has 3 atom stereocenters. The first-order valence-electron chi connectivity index (χ1n) is 9.61. The van der Waals surface area contributed by atoms with E-state index >= 15 is 0 Å². The number of rotatable bonds is 5. The van der Waals surface area contributed by atoms with Gasteiger partial charge in [-0.3, -0.25) is 4.90 Å². The van der Waals surface area contributed by atoms with Gasteiger partial charge in [-0.2, -0.15) is 0 Å². The van der Waals surface area contributed by atoms with Gasteiger partial charge in [0.15, 0.2) is 0 Å². The highest BCUT2D eigenvalue weighted by Crippen LogP contribution is 2.42. The summed E-state index contributed by atoms with van der Waals surface area (Å²) in [4.78, 5) is 2.90. The van der Waals surface area contributed by atoms with Gasteiger partial charge in [-0.15, -0.1) is 0 Å². The topological polar surface area (TPSA) is 15.3 Å². The highest BCUT2D eigenvalue weighted by atomic mass is 15.3. The van der Waals surface area contributed by atoms with Gasteiger partial charge in [-0.1, -0.05) is 39.5 Å². The summed E-state index contributed by atoms with van der Waals surface area (Å²) in [5.74, 6) is 2.75. The lowest BCUT2D eigenvalue weighted by Crippen LogP contribution is -2.66. The minimum absolute atomic E-state index is 0.401. The summed E-state index contributed by atoms with van der Waals surface area (Å²) in [6, 6.07) is 0.811. The van der Waals surface area contributed by atoms with Crippen LogP contribution < -0.4 is 5.32 Å². The zero-order valence-corrected chi connectivity index (χ0v) is 14.5. The lowest BCUT2D eigenvalue weighted by molar-refractivity contribution is 0.0244. The van der Waals surface area contributed by atoms with Crippen LogP contribution in [0, 0.1) is 17.8 Å². The molecule has 0 aromatic heterocycles. The third-order valence-electron chi connectivity index (χ3n) is 6.63. The van der Waals surface area contributed by atoms with Crippen LogP contribution in [0.4, 0.5) is 0 Å². The van der Waals surface area contributed by atoms with Crippen LogP contribution >= 0.6 is 0 Å². The van der Waals surface area contributed by atoms with Gasteiger partial charge in [0.2, 0.25) is 0 Å². The van der Waals surface area contributed by atoms with E-state index in [1.165, 1.54) is 71.0 Å². The van der Waals surface area contributed by atoms with E-state index in [9.17, 15) is 0 Å². The van der Waals surface area contributed by atoms with Crippen molar-refractivity contribution >= 4 is 0 Å². The molecule has 2 nitrogen and oxygen atoms in total. The van der Waals surface area contributed by atoms with Crippen molar-refractivity contribution in [2.75, 3.05) is 19.6 Å². The molecule has 0 radical (unpaired) electrons. The second-order valence-electron chi connectivity index (χ2n) is 8.48. The van der Waals surface area contributed by atoms with Gasteiger partial charge in [0.1, 0.15) is 0 Å². The SMILES string of the molecule is CCC(C)CN1CC(C)(C2CC2)NCC1C1CCCCC1. The first kappa shape index (κ1) is 15.8. The molecule has 3 unspecified atom stereocenters. The first-order chi connectivity index (χ1) is 10.1. The molecular weight excluding hydrogens is 256 g/mol. The van der Waals surface area contributed by atoms with E-state index in [0.29, 0.717) is 5.54 Å². The number of hydrogen-bond donors (Lipinski definition) is 1. The summed E-state index contributed by atoms with van der Waals surface area (Å²) < 4.78 is 0. The number of nitrogens with zero attached hydrogens (tertiary/aromatic N) is 1. The number of hydrogen-bond acceptors (Lipinski definition) is 2. The monoisotopic (exact) mass is 292 g/mol. The van der Waals surface area contributed by atoms with E-state index in [-0.39, 0.29) is 0 Å². The first-order valence-corrected chi connectivity index (χ1v) is 9.61. The second kappa shape index (κ2) is 6.58. The van der Waals surface area contributed by atoms with Crippen molar-refractivity contribution in [1.29, 1.82) is 0 Å². The van der Waals surface area contributed by atoms with E-state index < -0.39 is 0 Å². The molecule has 122 valence electrons. The molecule has 0 amide bonds. The van der Waals surface area contributed by atoms with Gasteiger partial charge in [0.25, 0.3) is 0 Å². The average Bonchev–Trinajstić information content (AvgIpc) is 3.33. The molecule has 1 saturated heterocycles. The number of piperazine rings is 1. The Morgan fingerprint density at radius 1 is 1.14 bits per heavy atom. The largest absolute Gasteiger partial charge is 0.308 e. The molecule has 1 N–H and O–H groups in total. The fourth-order valence-electron chi connectivity index (χ4n) is 4.77. The summed E-state index contributed by atoms with van der Waals surface area (Å²) in [6.07, 6.45) is 11.6. The smallest absolute Gasteiger partial charge is 0.0309 e. The lowest BCUT2D eigenvalue weighted by Gasteiger charge is -2.50. The standard InChI is InChI=1S/C19H36N2/c1-4-15(2)13-21-14-19(3,17-10-11-17)20-12-18(21)16-8-6-5-7-9-16/h15-18,20H,4-14H2,1-3H3. The lowest BCUT2D eigenvalue weighted by atomic mass is 9.79. The predicted molar refractivity (Wildman–Crippen MR) is 90.5 cm³/mol. The van der Waals surface area contributed by atoms with Crippen LogP contribution in [0.1, 0.15) is 72.1 Å². The Morgan fingerprint density at radius 2 is 1.86 bits per heavy atom. The third-order valence-corrected chi connectivity index (χ3v) is 6.63. The maximum Gasteiger partial charge on any atom is 0.0309 e. The zero-order valence-electron chi connectivity index (χ0n) is 14.5. The van der Waals surface area contributed by atoms with E-state index in [4.69, 9.17) is 0 Å². The molecule has 1 heterocycles. The van der Waals surface area contributed by atoms with Crippen molar-refractivity contribution < 1.29 is 0 Å². The molecule has 2 saturated carbocycles.